The first-order valence-electron chi connectivity index (χ1n) is 7.84. The SMILES string of the molecule is CN=C(NCc1ncccc1C)NC1CCC(C(F)(F)F)CC1.I. The van der Waals surface area contributed by atoms with Crippen LogP contribution in [-0.4, -0.2) is 30.2 Å². The Kier molecular flexibility index (Phi) is 8.24. The van der Waals surface area contributed by atoms with Crippen molar-refractivity contribution in [3.8, 4) is 0 Å². The van der Waals surface area contributed by atoms with Crippen LogP contribution in [0.2, 0.25) is 0 Å². The fraction of sp³-hybridized carbons (Fsp3) is 0.625. The maximum absolute atomic E-state index is 12.7. The van der Waals surface area contributed by atoms with Crippen molar-refractivity contribution in [2.75, 3.05) is 7.05 Å². The number of pyridine rings is 1. The maximum Gasteiger partial charge on any atom is 0.391 e. The molecule has 2 rings (SSSR count). The number of hydrogen-bond donors (Lipinski definition) is 2. The van der Waals surface area contributed by atoms with Crippen molar-refractivity contribution in [3.05, 3.63) is 29.6 Å². The molecule has 0 unspecified atom stereocenters. The first-order valence-corrected chi connectivity index (χ1v) is 7.84. The summed E-state index contributed by atoms with van der Waals surface area (Å²) in [6.45, 7) is 2.52. The van der Waals surface area contributed by atoms with E-state index in [9.17, 15) is 13.2 Å². The van der Waals surface area contributed by atoms with Gasteiger partial charge in [-0.25, -0.2) is 0 Å². The average Bonchev–Trinajstić information content (AvgIpc) is 2.52. The minimum atomic E-state index is -4.07. The van der Waals surface area contributed by atoms with Gasteiger partial charge in [0.2, 0.25) is 0 Å². The van der Waals surface area contributed by atoms with Gasteiger partial charge in [0.1, 0.15) is 0 Å². The van der Waals surface area contributed by atoms with E-state index in [-0.39, 0.29) is 42.9 Å². The third-order valence-electron chi connectivity index (χ3n) is 4.30. The molecule has 1 fully saturated rings. The van der Waals surface area contributed by atoms with E-state index in [0.29, 0.717) is 25.3 Å². The lowest BCUT2D eigenvalue weighted by Crippen LogP contribution is -2.45. The van der Waals surface area contributed by atoms with E-state index in [0.717, 1.165) is 11.3 Å². The average molecular weight is 456 g/mol. The molecular weight excluding hydrogens is 432 g/mol. The zero-order chi connectivity index (χ0) is 16.9. The summed E-state index contributed by atoms with van der Waals surface area (Å²) in [6, 6.07) is 3.90. The topological polar surface area (TPSA) is 49.3 Å². The molecule has 0 aliphatic heterocycles. The van der Waals surface area contributed by atoms with Crippen LogP contribution in [0.25, 0.3) is 0 Å². The fourth-order valence-electron chi connectivity index (χ4n) is 2.82. The molecule has 0 aromatic carbocycles. The van der Waals surface area contributed by atoms with Gasteiger partial charge in [0.25, 0.3) is 0 Å². The van der Waals surface area contributed by atoms with Crippen LogP contribution in [-0.2, 0) is 6.54 Å². The molecule has 0 saturated heterocycles. The second-order valence-electron chi connectivity index (χ2n) is 5.93. The number of aryl methyl sites for hydroxylation is 1. The standard InChI is InChI=1S/C16H23F3N4.HI/c1-11-4-3-9-21-14(11)10-22-15(20-2)23-13-7-5-12(6-8-13)16(17,18)19;/h3-4,9,12-13H,5-8,10H2,1-2H3,(H2,20,22,23);1H. The van der Waals surface area contributed by atoms with Crippen molar-refractivity contribution in [1.29, 1.82) is 0 Å². The van der Waals surface area contributed by atoms with Crippen LogP contribution < -0.4 is 10.6 Å². The van der Waals surface area contributed by atoms with E-state index in [1.54, 1.807) is 13.2 Å². The van der Waals surface area contributed by atoms with Gasteiger partial charge in [-0.05, 0) is 44.2 Å². The fourth-order valence-corrected chi connectivity index (χ4v) is 2.82. The predicted molar refractivity (Wildman–Crippen MR) is 99.5 cm³/mol. The number of nitrogens with zero attached hydrogens (tertiary/aromatic N) is 2. The molecule has 4 nitrogen and oxygen atoms in total. The molecule has 1 aromatic rings. The minimum absolute atomic E-state index is 0. The van der Waals surface area contributed by atoms with Crippen molar-refractivity contribution >= 4 is 29.9 Å². The highest BCUT2D eigenvalue weighted by atomic mass is 127. The lowest BCUT2D eigenvalue weighted by atomic mass is 9.85. The summed E-state index contributed by atoms with van der Waals surface area (Å²) < 4.78 is 38.0. The summed E-state index contributed by atoms with van der Waals surface area (Å²) in [7, 11) is 1.65. The number of halogens is 4. The number of nitrogens with one attached hydrogen (secondary N) is 2. The first-order chi connectivity index (χ1) is 10.9. The Hall–Kier alpha value is -1.06. The van der Waals surface area contributed by atoms with Crippen LogP contribution in [0.1, 0.15) is 36.9 Å². The molecule has 1 aromatic heterocycles. The lowest BCUT2D eigenvalue weighted by molar-refractivity contribution is -0.182. The van der Waals surface area contributed by atoms with E-state index in [1.807, 2.05) is 19.1 Å². The van der Waals surface area contributed by atoms with Crippen LogP contribution in [0.15, 0.2) is 23.3 Å². The highest BCUT2D eigenvalue weighted by molar-refractivity contribution is 14.0. The van der Waals surface area contributed by atoms with E-state index >= 15 is 0 Å². The van der Waals surface area contributed by atoms with E-state index in [2.05, 4.69) is 20.6 Å². The predicted octanol–water partition coefficient (Wildman–Crippen LogP) is 3.79. The summed E-state index contributed by atoms with van der Waals surface area (Å²) in [6.07, 6.45) is -0.962. The molecule has 136 valence electrons. The minimum Gasteiger partial charge on any atom is -0.354 e. The number of guanidine groups is 1. The molecule has 0 spiro atoms. The van der Waals surface area contributed by atoms with Crippen LogP contribution in [0.5, 0.6) is 0 Å². The zero-order valence-electron chi connectivity index (χ0n) is 13.9. The van der Waals surface area contributed by atoms with Crippen molar-refractivity contribution in [1.82, 2.24) is 15.6 Å². The smallest absolute Gasteiger partial charge is 0.354 e. The van der Waals surface area contributed by atoms with Gasteiger partial charge in [-0.15, -0.1) is 24.0 Å². The van der Waals surface area contributed by atoms with E-state index in [1.165, 1.54) is 0 Å². The second-order valence-corrected chi connectivity index (χ2v) is 5.93. The Balaban J connectivity index is 0.00000288. The summed E-state index contributed by atoms with van der Waals surface area (Å²) in [5.74, 6) is -0.558. The normalized spacial score (nSPS) is 21.8. The second kappa shape index (κ2) is 9.43. The van der Waals surface area contributed by atoms with Crippen molar-refractivity contribution < 1.29 is 13.2 Å². The Morgan fingerprint density at radius 1 is 1.29 bits per heavy atom. The quantitative estimate of drug-likeness (QED) is 0.414. The number of rotatable bonds is 3. The number of aliphatic imine (C=N–C) groups is 1. The third kappa shape index (κ3) is 6.10. The number of alkyl halides is 3. The van der Waals surface area contributed by atoms with Gasteiger partial charge in [0, 0.05) is 19.3 Å². The summed E-state index contributed by atoms with van der Waals surface area (Å²) in [4.78, 5) is 8.44. The van der Waals surface area contributed by atoms with Crippen molar-refractivity contribution in [3.63, 3.8) is 0 Å². The maximum atomic E-state index is 12.7. The van der Waals surface area contributed by atoms with Crippen LogP contribution in [0, 0.1) is 12.8 Å². The van der Waals surface area contributed by atoms with Crippen LogP contribution >= 0.6 is 24.0 Å². The number of aromatic nitrogens is 1. The summed E-state index contributed by atoms with van der Waals surface area (Å²) in [5, 5.41) is 6.38. The van der Waals surface area contributed by atoms with Gasteiger partial charge in [-0.1, -0.05) is 6.07 Å². The van der Waals surface area contributed by atoms with Crippen LogP contribution in [0.4, 0.5) is 13.2 Å². The van der Waals surface area contributed by atoms with Gasteiger partial charge < -0.3 is 10.6 Å². The van der Waals surface area contributed by atoms with E-state index < -0.39 is 12.1 Å². The Morgan fingerprint density at radius 3 is 2.50 bits per heavy atom. The number of hydrogen-bond acceptors (Lipinski definition) is 2. The summed E-state index contributed by atoms with van der Waals surface area (Å²) in [5.41, 5.74) is 2.01. The monoisotopic (exact) mass is 456 g/mol. The molecule has 0 amide bonds. The Labute approximate surface area is 157 Å². The molecular formula is C16H24F3IN4. The highest BCUT2D eigenvalue weighted by Crippen LogP contribution is 2.37. The molecule has 8 heteroatoms. The van der Waals surface area contributed by atoms with Crippen LogP contribution in [0.3, 0.4) is 0 Å². The molecule has 1 aliphatic rings. The molecule has 0 atom stereocenters. The molecule has 0 radical (unpaired) electrons. The summed E-state index contributed by atoms with van der Waals surface area (Å²) >= 11 is 0. The molecule has 2 N–H and O–H groups in total. The van der Waals surface area contributed by atoms with Gasteiger partial charge in [0.05, 0.1) is 18.2 Å². The Bertz CT molecular complexity index is 540. The van der Waals surface area contributed by atoms with Gasteiger partial charge in [0.15, 0.2) is 5.96 Å². The van der Waals surface area contributed by atoms with Crippen molar-refractivity contribution in [2.45, 2.75) is 51.4 Å². The first kappa shape index (κ1) is 21.0. The molecule has 0 bridgehead atoms. The van der Waals surface area contributed by atoms with Gasteiger partial charge in [-0.2, -0.15) is 13.2 Å². The van der Waals surface area contributed by atoms with Crippen molar-refractivity contribution in [2.24, 2.45) is 10.9 Å². The lowest BCUT2D eigenvalue weighted by Gasteiger charge is -2.31. The molecule has 1 saturated carbocycles. The zero-order valence-corrected chi connectivity index (χ0v) is 16.2. The van der Waals surface area contributed by atoms with Gasteiger partial charge in [-0.3, -0.25) is 9.98 Å². The van der Waals surface area contributed by atoms with Gasteiger partial charge >= 0.3 is 6.18 Å². The molecule has 24 heavy (non-hydrogen) atoms. The molecule has 1 aliphatic carbocycles. The molecule has 1 heterocycles. The van der Waals surface area contributed by atoms with E-state index in [4.69, 9.17) is 0 Å². The largest absolute Gasteiger partial charge is 0.391 e. The Morgan fingerprint density at radius 2 is 1.96 bits per heavy atom. The third-order valence-corrected chi connectivity index (χ3v) is 4.30. The highest BCUT2D eigenvalue weighted by Gasteiger charge is 2.41.